The minimum Gasteiger partial charge on any atom is -1.00 e. The van der Waals surface area contributed by atoms with E-state index in [2.05, 4.69) is 0 Å². The molecule has 0 aliphatic carbocycles. The van der Waals surface area contributed by atoms with E-state index in [4.69, 9.17) is 4.74 Å². The number of rotatable bonds is 2. The normalized spacial score (nSPS) is 10.2. The van der Waals surface area contributed by atoms with Crippen LogP contribution in [0.15, 0.2) is 72.8 Å². The fourth-order valence-electron chi connectivity index (χ4n) is 3.37. The number of phenolic OH excluding ortho intramolecular Hbond substituents is 1. The zero-order chi connectivity index (χ0) is 19.9. The Kier molecular flexibility index (Phi) is 11.3. The number of aromatic hydroxyl groups is 1. The van der Waals surface area contributed by atoms with Crippen molar-refractivity contribution in [3.8, 4) is 22.6 Å². The van der Waals surface area contributed by atoms with Gasteiger partial charge in [0.2, 0.25) is 0 Å². The van der Waals surface area contributed by atoms with E-state index in [9.17, 15) is 9.90 Å². The van der Waals surface area contributed by atoms with Crippen LogP contribution >= 0.6 is 0 Å². The van der Waals surface area contributed by atoms with Crippen LogP contribution < -0.4 is 42.0 Å². The molecule has 4 aromatic rings. The molecule has 0 bridgehead atoms. The zero-order valence-corrected chi connectivity index (χ0v) is 21.7. The average molecular weight is 525 g/mol. The van der Waals surface area contributed by atoms with E-state index in [1.54, 1.807) is 6.07 Å². The Labute approximate surface area is 221 Å². The molecule has 1 radical (unpaired) electrons. The molecule has 3 nitrogen and oxygen atoms in total. The monoisotopic (exact) mass is 523 g/mol. The van der Waals surface area contributed by atoms with Crippen molar-refractivity contribution in [3.05, 3.63) is 72.8 Å². The molecule has 7 heteroatoms. The van der Waals surface area contributed by atoms with Gasteiger partial charge in [-0.1, -0.05) is 60.7 Å². The topological polar surface area (TPSA) is 46.5 Å². The molecule has 0 aromatic heterocycles. The van der Waals surface area contributed by atoms with Gasteiger partial charge in [0.25, 0.3) is 0 Å². The summed E-state index contributed by atoms with van der Waals surface area (Å²) in [7, 11) is 0. The summed E-state index contributed by atoms with van der Waals surface area (Å²) in [5.41, 5.74) is 0.764. The van der Waals surface area contributed by atoms with Gasteiger partial charge in [-0.05, 0) is 54.4 Å². The van der Waals surface area contributed by atoms with Crippen molar-refractivity contribution in [2.75, 3.05) is 0 Å². The van der Waals surface area contributed by atoms with Crippen LogP contribution in [0.1, 0.15) is 20.8 Å². The van der Waals surface area contributed by atoms with E-state index >= 15 is 0 Å². The molecule has 0 saturated carbocycles. The molecule has 0 heterocycles. The third-order valence-corrected chi connectivity index (χ3v) is 4.86. The summed E-state index contributed by atoms with van der Waals surface area (Å²) in [6.07, 6.45) is 0. The predicted molar refractivity (Wildman–Crippen MR) is 114 cm³/mol. The van der Waals surface area contributed by atoms with Gasteiger partial charge in [-0.25, -0.2) is 0 Å². The Balaban J connectivity index is 0.00000240. The summed E-state index contributed by atoms with van der Waals surface area (Å²) in [6.45, 7) is 5.47. The summed E-state index contributed by atoms with van der Waals surface area (Å²) >= 11 is 0. The second-order valence-electron chi connectivity index (χ2n) is 7.98. The number of hydrogen-bond acceptors (Lipinski definition) is 3. The third-order valence-electron chi connectivity index (χ3n) is 4.86. The minimum absolute atomic E-state index is 0. The van der Waals surface area contributed by atoms with Crippen LogP contribution in [0.25, 0.3) is 32.7 Å². The molecule has 0 fully saturated rings. The molecule has 0 spiro atoms. The number of ether oxygens (including phenoxy) is 1. The van der Waals surface area contributed by atoms with Gasteiger partial charge in [0.1, 0.15) is 11.5 Å². The van der Waals surface area contributed by atoms with Gasteiger partial charge in [0.15, 0.2) is 0 Å². The fourth-order valence-corrected chi connectivity index (χ4v) is 3.37. The molecule has 165 valence electrons. The maximum atomic E-state index is 12.6. The first-order valence-electron chi connectivity index (χ1n) is 9.31. The van der Waals surface area contributed by atoms with E-state index in [0.717, 1.165) is 27.1 Å². The molecule has 0 aliphatic rings. The minimum atomic E-state index is -0.635. The Morgan fingerprint density at radius 3 is 1.72 bits per heavy atom. The first-order chi connectivity index (χ1) is 13.4. The SMILES string of the molecule is CC(C)(C)C(=O)Oc1ccc2ccccc2c1-c1c(O)ccc2ccccc12.[Cl-].[Cl-].[Cl-].[Ti+3]. The van der Waals surface area contributed by atoms with Crippen molar-refractivity contribution in [2.24, 2.45) is 5.41 Å². The van der Waals surface area contributed by atoms with E-state index in [-0.39, 0.29) is 70.7 Å². The molecule has 4 rings (SSSR count). The smallest absolute Gasteiger partial charge is 1.00 e. The molecule has 1 N–H and O–H groups in total. The zero-order valence-electron chi connectivity index (χ0n) is 17.8. The number of esters is 1. The van der Waals surface area contributed by atoms with Gasteiger partial charge >= 0.3 is 27.7 Å². The fraction of sp³-hybridized carbons (Fsp3) is 0.160. The summed E-state index contributed by atoms with van der Waals surface area (Å²) in [5, 5.41) is 14.7. The van der Waals surface area contributed by atoms with Crippen molar-refractivity contribution in [3.63, 3.8) is 0 Å². The number of benzene rings is 4. The molecule has 0 unspecified atom stereocenters. The number of phenols is 1. The molecule has 0 saturated heterocycles. The van der Waals surface area contributed by atoms with Crippen molar-refractivity contribution >= 4 is 27.5 Å². The summed E-state index contributed by atoms with van der Waals surface area (Å²) in [6, 6.07) is 23.1. The molecule has 0 atom stereocenters. The Hall–Kier alpha value is -1.75. The van der Waals surface area contributed by atoms with Crippen molar-refractivity contribution < 1.29 is 73.6 Å². The van der Waals surface area contributed by atoms with Crippen molar-refractivity contribution in [1.29, 1.82) is 0 Å². The van der Waals surface area contributed by atoms with Crippen LogP contribution in [0.4, 0.5) is 0 Å². The largest absolute Gasteiger partial charge is 3.00 e. The number of hydrogen-bond donors (Lipinski definition) is 1. The van der Waals surface area contributed by atoms with Crippen LogP contribution in [0, 0.1) is 5.41 Å². The summed E-state index contributed by atoms with van der Waals surface area (Å²) in [5.74, 6) is 0.289. The number of carbonyl (C=O) groups excluding carboxylic acids is 1. The Morgan fingerprint density at radius 1 is 0.719 bits per heavy atom. The quantitative estimate of drug-likeness (QED) is 0.177. The molecule has 4 aromatic carbocycles. The Bertz CT molecular complexity index is 1220. The van der Waals surface area contributed by atoms with Crippen LogP contribution in [0.5, 0.6) is 11.5 Å². The van der Waals surface area contributed by atoms with Crippen LogP contribution in [0.3, 0.4) is 0 Å². The van der Waals surface area contributed by atoms with E-state index in [1.165, 1.54) is 0 Å². The van der Waals surface area contributed by atoms with E-state index in [0.29, 0.717) is 11.3 Å². The first-order valence-corrected chi connectivity index (χ1v) is 9.31. The molecule has 0 amide bonds. The average Bonchev–Trinajstić information content (AvgIpc) is 2.68. The molecule has 0 aliphatic heterocycles. The van der Waals surface area contributed by atoms with Gasteiger partial charge in [-0.3, -0.25) is 4.79 Å². The molecular weight excluding hydrogens is 502 g/mol. The Morgan fingerprint density at radius 2 is 1.19 bits per heavy atom. The van der Waals surface area contributed by atoms with Gasteiger partial charge < -0.3 is 47.1 Å². The number of fused-ring (bicyclic) bond motifs is 2. The van der Waals surface area contributed by atoms with Gasteiger partial charge in [-0.2, -0.15) is 0 Å². The van der Waals surface area contributed by atoms with Crippen LogP contribution in [-0.4, -0.2) is 11.1 Å². The second-order valence-corrected chi connectivity index (χ2v) is 7.98. The standard InChI is InChI=1S/C25H22O3.3ClH.Ti/c1-25(2,3)24(27)28-21-15-13-17-9-5-7-11-19(17)23(21)22-18-10-6-4-8-16(18)12-14-20(22)26;;;;/h4-15,26H,1-3H3;3*1H;/q;;;;+3/p-3. The van der Waals surface area contributed by atoms with E-state index in [1.807, 2.05) is 87.5 Å². The predicted octanol–water partition coefficient (Wildman–Crippen LogP) is -2.67. The van der Waals surface area contributed by atoms with Crippen molar-refractivity contribution in [1.82, 2.24) is 0 Å². The van der Waals surface area contributed by atoms with Gasteiger partial charge in [0.05, 0.1) is 5.41 Å². The number of carbonyl (C=O) groups is 1. The molecule has 32 heavy (non-hydrogen) atoms. The molecular formula is C25H22Cl3O3Ti. The maximum Gasteiger partial charge on any atom is 3.00 e. The third kappa shape index (κ3) is 5.78. The first kappa shape index (κ1) is 30.3. The van der Waals surface area contributed by atoms with Gasteiger partial charge in [0, 0.05) is 11.1 Å². The van der Waals surface area contributed by atoms with Crippen molar-refractivity contribution in [2.45, 2.75) is 20.8 Å². The summed E-state index contributed by atoms with van der Waals surface area (Å²) < 4.78 is 5.83. The van der Waals surface area contributed by atoms with Crippen LogP contribution in [0.2, 0.25) is 0 Å². The van der Waals surface area contributed by atoms with Crippen LogP contribution in [-0.2, 0) is 26.5 Å². The number of halogens is 3. The maximum absolute atomic E-state index is 12.6. The summed E-state index contributed by atoms with van der Waals surface area (Å²) in [4.78, 5) is 12.6. The van der Waals surface area contributed by atoms with E-state index < -0.39 is 5.41 Å². The second kappa shape index (κ2) is 11.9. The van der Waals surface area contributed by atoms with Gasteiger partial charge in [-0.15, -0.1) is 0 Å².